The van der Waals surface area contributed by atoms with Crippen molar-refractivity contribution in [2.75, 3.05) is 0 Å². The van der Waals surface area contributed by atoms with Crippen molar-refractivity contribution in [1.29, 1.82) is 0 Å². The molecule has 3 heteroatoms. The van der Waals surface area contributed by atoms with Crippen LogP contribution in [0, 0.1) is 18.5 Å². The van der Waals surface area contributed by atoms with E-state index in [-0.39, 0.29) is 0 Å². The number of H-pyrrole nitrogens is 1. The Hall–Kier alpha value is -0.150. The molecule has 0 aromatic carbocycles. The molecular formula is C7H8BrNS. The summed E-state index contributed by atoms with van der Waals surface area (Å²) in [6, 6.07) is 2.06. The lowest BCUT2D eigenvalue weighted by Gasteiger charge is -1.98. The number of aromatic nitrogens is 1. The van der Waals surface area contributed by atoms with Crippen molar-refractivity contribution < 1.29 is 0 Å². The number of hydrogen-bond acceptors (Lipinski definition) is 1. The topological polar surface area (TPSA) is 15.8 Å². The molecule has 54 valence electrons. The highest BCUT2D eigenvalue weighted by Crippen LogP contribution is 2.13. The summed E-state index contributed by atoms with van der Waals surface area (Å²) in [5.41, 5.74) is 2.31. The van der Waals surface area contributed by atoms with Crippen molar-refractivity contribution in [3.8, 4) is 0 Å². The maximum atomic E-state index is 5.01. The molecule has 0 saturated carbocycles. The average Bonchev–Trinajstić information content (AvgIpc) is 1.84. The number of aryl methyl sites for hydroxylation is 2. The number of nitrogens with one attached hydrogen (secondary N) is 1. The quantitative estimate of drug-likeness (QED) is 0.522. The molecule has 1 aromatic rings. The van der Waals surface area contributed by atoms with Gasteiger partial charge >= 0.3 is 0 Å². The van der Waals surface area contributed by atoms with E-state index >= 15 is 0 Å². The van der Waals surface area contributed by atoms with Gasteiger partial charge in [-0.3, -0.25) is 0 Å². The van der Waals surface area contributed by atoms with Gasteiger partial charge in [0.05, 0.1) is 4.60 Å². The van der Waals surface area contributed by atoms with Gasteiger partial charge in [0.15, 0.2) is 0 Å². The third-order valence-corrected chi connectivity index (χ3v) is 2.61. The van der Waals surface area contributed by atoms with Gasteiger partial charge in [0, 0.05) is 0 Å². The smallest absolute Gasteiger partial charge is 0.107 e. The van der Waals surface area contributed by atoms with Crippen LogP contribution in [0.15, 0.2) is 10.7 Å². The third-order valence-electron chi connectivity index (χ3n) is 1.36. The van der Waals surface area contributed by atoms with Crippen LogP contribution in [0.5, 0.6) is 0 Å². The van der Waals surface area contributed by atoms with E-state index in [2.05, 4.69) is 27.0 Å². The number of pyridine rings is 1. The Kier molecular flexibility index (Phi) is 2.26. The summed E-state index contributed by atoms with van der Waals surface area (Å²) < 4.78 is 1.78. The molecule has 1 rings (SSSR count). The molecular weight excluding hydrogens is 210 g/mol. The predicted molar refractivity (Wildman–Crippen MR) is 48.8 cm³/mol. The predicted octanol–water partition coefficient (Wildman–Crippen LogP) is 3.12. The van der Waals surface area contributed by atoms with Crippen LogP contribution in [0.2, 0.25) is 0 Å². The normalized spacial score (nSPS) is 9.90. The van der Waals surface area contributed by atoms with Crippen molar-refractivity contribution >= 4 is 28.1 Å². The molecule has 0 fully saturated rings. The van der Waals surface area contributed by atoms with Crippen molar-refractivity contribution in [3.05, 3.63) is 26.4 Å². The van der Waals surface area contributed by atoms with Crippen LogP contribution in [0.4, 0.5) is 0 Å². The van der Waals surface area contributed by atoms with Gasteiger partial charge in [-0.15, -0.1) is 0 Å². The summed E-state index contributed by atoms with van der Waals surface area (Å²) in [4.78, 5) is 3.04. The third kappa shape index (κ3) is 1.47. The van der Waals surface area contributed by atoms with Crippen molar-refractivity contribution in [2.24, 2.45) is 0 Å². The molecule has 0 atom stereocenters. The highest BCUT2D eigenvalue weighted by molar-refractivity contribution is 9.10. The Morgan fingerprint density at radius 1 is 1.40 bits per heavy atom. The van der Waals surface area contributed by atoms with Crippen LogP contribution in [0.25, 0.3) is 0 Å². The van der Waals surface area contributed by atoms with Gasteiger partial charge in [-0.25, -0.2) is 0 Å². The first kappa shape index (κ1) is 7.95. The van der Waals surface area contributed by atoms with E-state index in [1.807, 2.05) is 13.8 Å². The molecule has 1 nitrogen and oxygen atoms in total. The Bertz CT molecular complexity index is 303. The standard InChI is InChI=1S/C7H8BrNS/c1-4-3-5(2)7(10)9-6(4)8/h3H,1-2H3,(H,9,10). The molecule has 0 bridgehead atoms. The van der Waals surface area contributed by atoms with Crippen LogP contribution in [0.1, 0.15) is 11.1 Å². The van der Waals surface area contributed by atoms with Crippen molar-refractivity contribution in [3.63, 3.8) is 0 Å². The Morgan fingerprint density at radius 2 is 2.00 bits per heavy atom. The lowest BCUT2D eigenvalue weighted by Crippen LogP contribution is -1.85. The minimum absolute atomic E-state index is 0.803. The lowest BCUT2D eigenvalue weighted by molar-refractivity contribution is 1.16. The van der Waals surface area contributed by atoms with Crippen LogP contribution in [0.3, 0.4) is 0 Å². The number of halogens is 1. The molecule has 1 N–H and O–H groups in total. The fourth-order valence-electron chi connectivity index (χ4n) is 0.751. The Labute approximate surface area is 73.6 Å². The van der Waals surface area contributed by atoms with Gasteiger partial charge in [-0.05, 0) is 40.9 Å². The average molecular weight is 218 g/mol. The fraction of sp³-hybridized carbons (Fsp3) is 0.286. The van der Waals surface area contributed by atoms with E-state index in [1.54, 1.807) is 0 Å². The second-order valence-corrected chi connectivity index (χ2v) is 3.48. The van der Waals surface area contributed by atoms with Crippen molar-refractivity contribution in [1.82, 2.24) is 4.98 Å². The van der Waals surface area contributed by atoms with E-state index in [9.17, 15) is 0 Å². The van der Waals surface area contributed by atoms with Gasteiger partial charge in [0.2, 0.25) is 0 Å². The van der Waals surface area contributed by atoms with E-state index in [0.717, 1.165) is 14.8 Å². The van der Waals surface area contributed by atoms with E-state index in [4.69, 9.17) is 12.2 Å². The summed E-state index contributed by atoms with van der Waals surface area (Å²) in [6.45, 7) is 4.03. The first-order chi connectivity index (χ1) is 4.61. The zero-order chi connectivity index (χ0) is 7.72. The van der Waals surface area contributed by atoms with Gasteiger partial charge in [-0.2, -0.15) is 0 Å². The first-order valence-corrected chi connectivity index (χ1v) is 4.17. The highest BCUT2D eigenvalue weighted by Gasteiger charge is 1.94. The summed E-state index contributed by atoms with van der Waals surface area (Å²) in [6.07, 6.45) is 0. The number of aromatic amines is 1. The molecule has 0 amide bonds. The number of rotatable bonds is 0. The molecule has 0 saturated heterocycles. The van der Waals surface area contributed by atoms with Crippen molar-refractivity contribution in [2.45, 2.75) is 13.8 Å². The number of hydrogen-bond donors (Lipinski definition) is 1. The zero-order valence-electron chi connectivity index (χ0n) is 5.86. The van der Waals surface area contributed by atoms with Gasteiger partial charge in [-0.1, -0.05) is 18.3 Å². The SMILES string of the molecule is Cc1cc(C)c(=S)[nH]c1Br. The molecule has 0 aliphatic heterocycles. The summed E-state index contributed by atoms with van der Waals surface area (Å²) in [5.74, 6) is 0. The highest BCUT2D eigenvalue weighted by atomic mass is 79.9. The van der Waals surface area contributed by atoms with E-state index < -0.39 is 0 Å². The van der Waals surface area contributed by atoms with E-state index in [1.165, 1.54) is 5.56 Å². The lowest BCUT2D eigenvalue weighted by atomic mass is 10.2. The zero-order valence-corrected chi connectivity index (χ0v) is 8.27. The largest absolute Gasteiger partial charge is 0.340 e. The van der Waals surface area contributed by atoms with E-state index in [0.29, 0.717) is 0 Å². The molecule has 0 unspecified atom stereocenters. The monoisotopic (exact) mass is 217 g/mol. The molecule has 0 spiro atoms. The Morgan fingerprint density at radius 3 is 2.50 bits per heavy atom. The first-order valence-electron chi connectivity index (χ1n) is 2.97. The second-order valence-electron chi connectivity index (χ2n) is 2.28. The molecule has 0 aliphatic carbocycles. The molecule has 0 aliphatic rings. The molecule has 10 heavy (non-hydrogen) atoms. The maximum absolute atomic E-state index is 5.01. The van der Waals surface area contributed by atoms with Crippen LogP contribution in [-0.2, 0) is 0 Å². The Balaban J connectivity index is 3.43. The molecule has 1 heterocycles. The van der Waals surface area contributed by atoms with Crippen LogP contribution >= 0.6 is 28.1 Å². The minimum Gasteiger partial charge on any atom is -0.340 e. The summed E-state index contributed by atoms with van der Waals surface area (Å²) >= 11 is 8.37. The summed E-state index contributed by atoms with van der Waals surface area (Å²) in [7, 11) is 0. The molecule has 0 radical (unpaired) electrons. The van der Waals surface area contributed by atoms with Gasteiger partial charge < -0.3 is 4.98 Å². The van der Waals surface area contributed by atoms with Crippen LogP contribution in [-0.4, -0.2) is 4.98 Å². The van der Waals surface area contributed by atoms with Crippen LogP contribution < -0.4 is 0 Å². The minimum atomic E-state index is 0.803. The second kappa shape index (κ2) is 2.84. The maximum Gasteiger partial charge on any atom is 0.107 e. The summed E-state index contributed by atoms with van der Waals surface area (Å²) in [5, 5.41) is 0. The van der Waals surface area contributed by atoms with Gasteiger partial charge in [0.25, 0.3) is 0 Å². The molecule has 1 aromatic heterocycles. The fourth-order valence-corrected chi connectivity index (χ4v) is 1.36. The van der Waals surface area contributed by atoms with Gasteiger partial charge in [0.1, 0.15) is 4.64 Å².